The van der Waals surface area contributed by atoms with Crippen molar-refractivity contribution in [3.8, 4) is 0 Å². The number of aliphatic hydroxyl groups is 2. The number of allylic oxidation sites excluding steroid dienone is 1. The molecule has 0 aliphatic heterocycles. The van der Waals surface area contributed by atoms with Crippen LogP contribution in [0.1, 0.15) is 27.2 Å². The molecule has 0 aromatic rings. The molecule has 0 aromatic carbocycles. The summed E-state index contributed by atoms with van der Waals surface area (Å²) < 4.78 is 0. The summed E-state index contributed by atoms with van der Waals surface area (Å²) in [6, 6.07) is 0. The van der Waals surface area contributed by atoms with Crippen LogP contribution in [-0.2, 0) is 0 Å². The lowest BCUT2D eigenvalue weighted by Gasteiger charge is -2.30. The quantitative estimate of drug-likeness (QED) is 0.409. The van der Waals surface area contributed by atoms with E-state index in [4.69, 9.17) is 0 Å². The molecule has 2 N–H and O–H groups in total. The minimum absolute atomic E-state index is 0.208. The summed E-state index contributed by atoms with van der Waals surface area (Å²) in [5.41, 5.74) is -0.470. The number of aliphatic hydroxyl groups excluding tert-OH is 1. The van der Waals surface area contributed by atoms with E-state index in [1.807, 2.05) is 0 Å². The summed E-state index contributed by atoms with van der Waals surface area (Å²) in [7, 11) is 3.58. The lowest BCUT2D eigenvalue weighted by atomic mass is 9.85. The molecule has 0 saturated carbocycles. The Morgan fingerprint density at radius 1 is 1.50 bits per heavy atom. The molecule has 0 spiro atoms. The highest BCUT2D eigenvalue weighted by molar-refractivity contribution is 5.94. The molecular weight excluding hydrogens is 204 g/mol. The molecule has 2 unspecified atom stereocenters. The second-order valence-electron chi connectivity index (χ2n) is 4.76. The summed E-state index contributed by atoms with van der Waals surface area (Å²) in [6.07, 6.45) is 1.76. The summed E-state index contributed by atoms with van der Waals surface area (Å²) >= 11 is 0. The summed E-state index contributed by atoms with van der Waals surface area (Å²) in [6.45, 7) is 8.71. The molecule has 0 rings (SSSR count). The lowest BCUT2D eigenvalue weighted by molar-refractivity contribution is 0.116. The maximum Gasteiger partial charge on any atom is 0.0992 e. The Labute approximate surface area is 98.3 Å². The van der Waals surface area contributed by atoms with Gasteiger partial charge in [-0.1, -0.05) is 6.08 Å². The fourth-order valence-corrected chi connectivity index (χ4v) is 1.58. The maximum absolute atomic E-state index is 10.1. The van der Waals surface area contributed by atoms with Crippen LogP contribution in [0.3, 0.4) is 0 Å². The van der Waals surface area contributed by atoms with Gasteiger partial charge in [0.2, 0.25) is 0 Å². The number of hydrogen-bond acceptors (Lipinski definition) is 4. The molecule has 94 valence electrons. The van der Waals surface area contributed by atoms with Gasteiger partial charge in [-0.05, 0) is 27.2 Å². The van der Waals surface area contributed by atoms with Crippen molar-refractivity contribution in [1.82, 2.24) is 5.01 Å². The molecule has 4 nitrogen and oxygen atoms in total. The number of hydrogen-bond donors (Lipinski definition) is 2. The van der Waals surface area contributed by atoms with Crippen molar-refractivity contribution >= 4 is 5.71 Å². The molecule has 0 radical (unpaired) electrons. The standard InChI is InChI=1S/C12H24N2O2/c1-7-8-10(9(2)15)11(12(3,4)16)13-14(5)6/h7,9-10,15-16H,1,8H2,2-6H3/b13-11-. The van der Waals surface area contributed by atoms with Gasteiger partial charge in [0.05, 0.1) is 17.4 Å². The predicted molar refractivity (Wildman–Crippen MR) is 67.4 cm³/mol. The van der Waals surface area contributed by atoms with E-state index in [-0.39, 0.29) is 5.92 Å². The van der Waals surface area contributed by atoms with Gasteiger partial charge in [-0.3, -0.25) is 0 Å². The summed E-state index contributed by atoms with van der Waals surface area (Å²) in [4.78, 5) is 0. The fraction of sp³-hybridized carbons (Fsp3) is 0.750. The first-order valence-electron chi connectivity index (χ1n) is 5.47. The molecule has 0 saturated heterocycles. The third-order valence-corrected chi connectivity index (χ3v) is 2.29. The molecule has 16 heavy (non-hydrogen) atoms. The Hall–Kier alpha value is -0.870. The van der Waals surface area contributed by atoms with E-state index in [0.29, 0.717) is 12.1 Å². The number of rotatable bonds is 6. The molecule has 0 fully saturated rings. The Bertz CT molecular complexity index is 252. The number of nitrogens with zero attached hydrogens (tertiary/aromatic N) is 2. The van der Waals surface area contributed by atoms with Crippen LogP contribution in [-0.4, -0.2) is 46.7 Å². The van der Waals surface area contributed by atoms with Crippen LogP contribution >= 0.6 is 0 Å². The molecule has 4 heteroatoms. The fourth-order valence-electron chi connectivity index (χ4n) is 1.58. The van der Waals surface area contributed by atoms with E-state index in [0.717, 1.165) is 0 Å². The second kappa shape index (κ2) is 6.01. The average molecular weight is 228 g/mol. The molecule has 2 atom stereocenters. The molecule has 0 aliphatic carbocycles. The van der Waals surface area contributed by atoms with Crippen LogP contribution in [0.15, 0.2) is 17.8 Å². The molecule has 0 aliphatic rings. The van der Waals surface area contributed by atoms with E-state index < -0.39 is 11.7 Å². The van der Waals surface area contributed by atoms with Crippen LogP contribution in [0.5, 0.6) is 0 Å². The minimum Gasteiger partial charge on any atom is -0.393 e. The van der Waals surface area contributed by atoms with E-state index >= 15 is 0 Å². The zero-order chi connectivity index (χ0) is 12.9. The van der Waals surface area contributed by atoms with Gasteiger partial charge in [-0.15, -0.1) is 6.58 Å². The SMILES string of the molecule is C=CCC(/C(=N/N(C)C)C(C)(C)O)C(C)O. The van der Waals surface area contributed by atoms with Crippen LogP contribution < -0.4 is 0 Å². The van der Waals surface area contributed by atoms with Crippen LogP contribution in [0.25, 0.3) is 0 Å². The van der Waals surface area contributed by atoms with E-state index in [2.05, 4.69) is 11.7 Å². The van der Waals surface area contributed by atoms with Crippen molar-refractivity contribution in [3.63, 3.8) is 0 Å². The van der Waals surface area contributed by atoms with Crippen LogP contribution in [0, 0.1) is 5.92 Å². The number of hydrazone groups is 1. The van der Waals surface area contributed by atoms with Gasteiger partial charge in [0.15, 0.2) is 0 Å². The van der Waals surface area contributed by atoms with Gasteiger partial charge in [0.25, 0.3) is 0 Å². The average Bonchev–Trinajstić information content (AvgIpc) is 2.08. The molecule has 0 amide bonds. The highest BCUT2D eigenvalue weighted by Gasteiger charge is 2.31. The molecule has 0 aromatic heterocycles. The van der Waals surface area contributed by atoms with Crippen LogP contribution in [0.2, 0.25) is 0 Å². The van der Waals surface area contributed by atoms with Crippen molar-refractivity contribution in [2.75, 3.05) is 14.1 Å². The third-order valence-electron chi connectivity index (χ3n) is 2.29. The third kappa shape index (κ3) is 4.77. The largest absolute Gasteiger partial charge is 0.393 e. The zero-order valence-electron chi connectivity index (χ0n) is 10.9. The Balaban J connectivity index is 5.21. The summed E-state index contributed by atoms with van der Waals surface area (Å²) in [5, 5.41) is 25.7. The first-order valence-corrected chi connectivity index (χ1v) is 5.47. The van der Waals surface area contributed by atoms with Gasteiger partial charge >= 0.3 is 0 Å². The first-order chi connectivity index (χ1) is 7.20. The van der Waals surface area contributed by atoms with Gasteiger partial charge < -0.3 is 15.2 Å². The van der Waals surface area contributed by atoms with Crippen molar-refractivity contribution in [3.05, 3.63) is 12.7 Å². The van der Waals surface area contributed by atoms with Gasteiger partial charge in [-0.25, -0.2) is 0 Å². The normalized spacial score (nSPS) is 16.8. The van der Waals surface area contributed by atoms with Gasteiger partial charge in [0, 0.05) is 20.0 Å². The second-order valence-corrected chi connectivity index (χ2v) is 4.76. The van der Waals surface area contributed by atoms with Gasteiger partial charge in [-0.2, -0.15) is 5.10 Å². The molecule has 0 heterocycles. The van der Waals surface area contributed by atoms with E-state index in [9.17, 15) is 10.2 Å². The zero-order valence-corrected chi connectivity index (χ0v) is 10.9. The minimum atomic E-state index is -1.05. The summed E-state index contributed by atoms with van der Waals surface area (Å²) in [5.74, 6) is -0.208. The highest BCUT2D eigenvalue weighted by atomic mass is 16.3. The van der Waals surface area contributed by atoms with E-state index in [1.54, 1.807) is 46.0 Å². The van der Waals surface area contributed by atoms with Crippen LogP contribution in [0.4, 0.5) is 0 Å². The monoisotopic (exact) mass is 228 g/mol. The Morgan fingerprint density at radius 2 is 2.00 bits per heavy atom. The molecular formula is C12H24N2O2. The van der Waals surface area contributed by atoms with Gasteiger partial charge in [0.1, 0.15) is 0 Å². The molecule has 0 bridgehead atoms. The van der Waals surface area contributed by atoms with Crippen molar-refractivity contribution in [2.45, 2.75) is 38.9 Å². The Morgan fingerprint density at radius 3 is 2.25 bits per heavy atom. The Kier molecular flexibility index (Phi) is 5.68. The predicted octanol–water partition coefficient (Wildman–Crippen LogP) is 1.25. The van der Waals surface area contributed by atoms with Crippen molar-refractivity contribution < 1.29 is 10.2 Å². The highest BCUT2D eigenvalue weighted by Crippen LogP contribution is 2.21. The van der Waals surface area contributed by atoms with E-state index in [1.165, 1.54) is 0 Å². The first kappa shape index (κ1) is 15.1. The maximum atomic E-state index is 10.1. The topological polar surface area (TPSA) is 56.1 Å². The van der Waals surface area contributed by atoms with Crippen molar-refractivity contribution in [2.24, 2.45) is 11.0 Å². The smallest absolute Gasteiger partial charge is 0.0992 e. The lowest BCUT2D eigenvalue weighted by Crippen LogP contribution is -2.42. The van der Waals surface area contributed by atoms with Crippen molar-refractivity contribution in [1.29, 1.82) is 0 Å².